The Morgan fingerprint density at radius 1 is 1.00 bits per heavy atom. The molecule has 2 aromatic carbocycles. The van der Waals surface area contributed by atoms with E-state index in [2.05, 4.69) is 15.6 Å². The molecule has 0 aliphatic rings. The Labute approximate surface area is 170 Å². The molecule has 2 rings (SSSR count). The fraction of sp³-hybridized carbons (Fsp3) is 0.300. The van der Waals surface area contributed by atoms with Gasteiger partial charge in [-0.3, -0.25) is 25.2 Å². The normalized spacial score (nSPS) is 11.4. The number of rotatable bonds is 6. The van der Waals surface area contributed by atoms with Crippen LogP contribution in [-0.2, 0) is 14.8 Å². The highest BCUT2D eigenvalue weighted by atomic mass is 32.2. The van der Waals surface area contributed by atoms with Gasteiger partial charge in [-0.05, 0) is 35.7 Å². The summed E-state index contributed by atoms with van der Waals surface area (Å²) >= 11 is 0. The quantitative estimate of drug-likeness (QED) is 0.623. The molecule has 0 saturated carbocycles. The van der Waals surface area contributed by atoms with Crippen molar-refractivity contribution in [3.63, 3.8) is 0 Å². The number of hydrogen-bond donors (Lipinski definition) is 3. The molecule has 8 nitrogen and oxygen atoms in total. The summed E-state index contributed by atoms with van der Waals surface area (Å²) < 4.78 is 33.0. The number of anilines is 1. The number of nitrogens with one attached hydrogen (secondary N) is 3. The van der Waals surface area contributed by atoms with Crippen molar-refractivity contribution < 1.29 is 22.7 Å². The summed E-state index contributed by atoms with van der Waals surface area (Å²) in [6.45, 7) is 5.70. The summed E-state index contributed by atoms with van der Waals surface area (Å²) in [5.74, 6) is -0.597. The van der Waals surface area contributed by atoms with E-state index in [9.17, 15) is 18.0 Å². The van der Waals surface area contributed by atoms with Crippen LogP contribution >= 0.6 is 0 Å². The molecule has 0 heterocycles. The number of amides is 2. The van der Waals surface area contributed by atoms with Crippen LogP contribution in [0.15, 0.2) is 53.4 Å². The van der Waals surface area contributed by atoms with Crippen LogP contribution in [0.4, 0.5) is 5.69 Å². The van der Waals surface area contributed by atoms with Crippen molar-refractivity contribution in [2.45, 2.75) is 32.1 Å². The fourth-order valence-corrected chi connectivity index (χ4v) is 3.58. The third kappa shape index (κ3) is 6.49. The van der Waals surface area contributed by atoms with Gasteiger partial charge in [-0.1, -0.05) is 39.0 Å². The van der Waals surface area contributed by atoms with Crippen molar-refractivity contribution in [1.29, 1.82) is 0 Å². The number of hydrogen-bond acceptors (Lipinski definition) is 5. The number of ether oxygens (including phenoxy) is 1. The Bertz CT molecular complexity index is 997. The minimum absolute atomic E-state index is 0.0870. The van der Waals surface area contributed by atoms with E-state index in [1.165, 1.54) is 31.4 Å². The predicted molar refractivity (Wildman–Crippen MR) is 110 cm³/mol. The zero-order chi connectivity index (χ0) is 21.7. The lowest BCUT2D eigenvalue weighted by atomic mass is 9.92. The number of hydrazine groups is 1. The number of carbonyl (C=O) groups excluding carboxylic acids is 2. The van der Waals surface area contributed by atoms with Crippen LogP contribution in [0.3, 0.4) is 0 Å². The molecule has 0 spiro atoms. The van der Waals surface area contributed by atoms with Gasteiger partial charge in [0.15, 0.2) is 0 Å². The molecule has 156 valence electrons. The molecule has 3 N–H and O–H groups in total. The summed E-state index contributed by atoms with van der Waals surface area (Å²) in [5, 5.41) is 0. The molecule has 0 bridgehead atoms. The second-order valence-corrected chi connectivity index (χ2v) is 9.26. The molecule has 9 heteroatoms. The second-order valence-electron chi connectivity index (χ2n) is 7.57. The standard InChI is InChI=1S/C20H25N3O5S/c1-20(2,3)13-18(24)21-22-19(25)14-8-7-9-15(12-14)29(26,27)23-16-10-5-6-11-17(16)28-4/h5-12,23H,13H2,1-4H3,(H,21,24)(H,22,25). The van der Waals surface area contributed by atoms with Crippen LogP contribution in [0.1, 0.15) is 37.6 Å². The number of carbonyl (C=O) groups is 2. The smallest absolute Gasteiger partial charge is 0.269 e. The molecule has 0 unspecified atom stereocenters. The van der Waals surface area contributed by atoms with E-state index < -0.39 is 15.9 Å². The number of sulfonamides is 1. The fourth-order valence-electron chi connectivity index (χ4n) is 2.46. The van der Waals surface area contributed by atoms with Gasteiger partial charge in [0.05, 0.1) is 17.7 Å². The van der Waals surface area contributed by atoms with Crippen molar-refractivity contribution in [3.8, 4) is 5.75 Å². The first kappa shape index (κ1) is 22.2. The highest BCUT2D eigenvalue weighted by molar-refractivity contribution is 7.92. The Morgan fingerprint density at radius 3 is 2.34 bits per heavy atom. The van der Waals surface area contributed by atoms with E-state index >= 15 is 0 Å². The van der Waals surface area contributed by atoms with Crippen molar-refractivity contribution in [1.82, 2.24) is 10.9 Å². The molecule has 0 aliphatic heterocycles. The molecule has 2 amide bonds. The van der Waals surface area contributed by atoms with Gasteiger partial charge in [0.1, 0.15) is 5.75 Å². The summed E-state index contributed by atoms with van der Waals surface area (Å²) in [6, 6.07) is 12.1. The van der Waals surface area contributed by atoms with Crippen molar-refractivity contribution in [2.75, 3.05) is 11.8 Å². The lowest BCUT2D eigenvalue weighted by Gasteiger charge is -2.17. The molecule has 0 radical (unpaired) electrons. The van der Waals surface area contributed by atoms with Gasteiger partial charge in [-0.2, -0.15) is 0 Å². The van der Waals surface area contributed by atoms with E-state index in [0.29, 0.717) is 5.75 Å². The van der Waals surface area contributed by atoms with Crippen molar-refractivity contribution >= 4 is 27.5 Å². The number of para-hydroxylation sites is 2. The molecule has 29 heavy (non-hydrogen) atoms. The minimum atomic E-state index is -3.95. The SMILES string of the molecule is COc1ccccc1NS(=O)(=O)c1cccc(C(=O)NNC(=O)CC(C)(C)C)c1. The van der Waals surface area contributed by atoms with Crippen LogP contribution in [0, 0.1) is 5.41 Å². The second kappa shape index (κ2) is 8.95. The summed E-state index contributed by atoms with van der Waals surface area (Å²) in [4.78, 5) is 24.0. The topological polar surface area (TPSA) is 114 Å². The van der Waals surface area contributed by atoms with Crippen LogP contribution < -0.4 is 20.3 Å². The largest absolute Gasteiger partial charge is 0.495 e. The maximum atomic E-state index is 12.7. The Balaban J connectivity index is 2.13. The Kier molecular flexibility index (Phi) is 6.86. The molecule has 0 atom stereocenters. The van der Waals surface area contributed by atoms with E-state index in [4.69, 9.17) is 4.74 Å². The molecule has 0 saturated heterocycles. The lowest BCUT2D eigenvalue weighted by Crippen LogP contribution is -2.42. The van der Waals surface area contributed by atoms with Gasteiger partial charge in [-0.15, -0.1) is 0 Å². The first-order valence-corrected chi connectivity index (χ1v) is 10.4. The Hall–Kier alpha value is -3.07. The molecular formula is C20H25N3O5S. The molecule has 2 aromatic rings. The van der Waals surface area contributed by atoms with Gasteiger partial charge in [-0.25, -0.2) is 8.42 Å². The van der Waals surface area contributed by atoms with Crippen LogP contribution in [-0.4, -0.2) is 27.3 Å². The van der Waals surface area contributed by atoms with Crippen molar-refractivity contribution in [2.24, 2.45) is 5.41 Å². The molecule has 0 aliphatic carbocycles. The summed E-state index contributed by atoms with van der Waals surface area (Å²) in [5.41, 5.74) is 4.76. The zero-order valence-corrected chi connectivity index (χ0v) is 17.6. The highest BCUT2D eigenvalue weighted by Gasteiger charge is 2.19. The van der Waals surface area contributed by atoms with Crippen LogP contribution in [0.5, 0.6) is 5.75 Å². The lowest BCUT2D eigenvalue weighted by molar-refractivity contribution is -0.123. The van der Waals surface area contributed by atoms with E-state index in [-0.39, 0.29) is 33.9 Å². The predicted octanol–water partition coefficient (Wildman–Crippen LogP) is 2.69. The molecular weight excluding hydrogens is 394 g/mol. The third-order valence-electron chi connectivity index (χ3n) is 3.76. The summed E-state index contributed by atoms with van der Waals surface area (Å²) in [7, 11) is -2.52. The first-order chi connectivity index (χ1) is 13.5. The first-order valence-electron chi connectivity index (χ1n) is 8.87. The van der Waals surface area contributed by atoms with Crippen LogP contribution in [0.25, 0.3) is 0 Å². The number of benzene rings is 2. The van der Waals surface area contributed by atoms with Crippen molar-refractivity contribution in [3.05, 3.63) is 54.1 Å². The highest BCUT2D eigenvalue weighted by Crippen LogP contribution is 2.26. The van der Waals surface area contributed by atoms with Gasteiger partial charge >= 0.3 is 0 Å². The molecule has 0 aromatic heterocycles. The van der Waals surface area contributed by atoms with Gasteiger partial charge in [0.25, 0.3) is 15.9 Å². The summed E-state index contributed by atoms with van der Waals surface area (Å²) in [6.07, 6.45) is 0.227. The monoisotopic (exact) mass is 419 g/mol. The van der Waals surface area contributed by atoms with Gasteiger partial charge in [0, 0.05) is 12.0 Å². The Morgan fingerprint density at radius 2 is 1.69 bits per heavy atom. The maximum absolute atomic E-state index is 12.7. The number of methoxy groups -OCH3 is 1. The average molecular weight is 420 g/mol. The third-order valence-corrected chi connectivity index (χ3v) is 5.13. The average Bonchev–Trinajstić information content (AvgIpc) is 2.65. The van der Waals surface area contributed by atoms with Crippen LogP contribution in [0.2, 0.25) is 0 Å². The minimum Gasteiger partial charge on any atom is -0.495 e. The maximum Gasteiger partial charge on any atom is 0.269 e. The zero-order valence-electron chi connectivity index (χ0n) is 16.8. The van der Waals surface area contributed by atoms with E-state index in [1.54, 1.807) is 24.3 Å². The van der Waals surface area contributed by atoms with Gasteiger partial charge < -0.3 is 4.74 Å². The van der Waals surface area contributed by atoms with E-state index in [0.717, 1.165) is 0 Å². The van der Waals surface area contributed by atoms with Gasteiger partial charge in [0.2, 0.25) is 5.91 Å². The van der Waals surface area contributed by atoms with E-state index in [1.807, 2.05) is 20.8 Å². The molecule has 0 fully saturated rings.